The molecule has 0 aliphatic carbocycles. The summed E-state index contributed by atoms with van der Waals surface area (Å²) in [6.45, 7) is 1.39. The zero-order valence-corrected chi connectivity index (χ0v) is 6.18. The Morgan fingerprint density at radius 3 is 2.90 bits per heavy atom. The van der Waals surface area contributed by atoms with Gasteiger partial charge in [-0.25, -0.2) is 4.98 Å². The lowest BCUT2D eigenvalue weighted by molar-refractivity contribution is 0.0980. The van der Waals surface area contributed by atoms with Gasteiger partial charge in [0.1, 0.15) is 6.26 Å². The van der Waals surface area contributed by atoms with Gasteiger partial charge in [-0.3, -0.25) is 4.79 Å². The zero-order chi connectivity index (χ0) is 7.56. The monoisotopic (exact) mass is 159 g/mol. The number of aromatic nitrogens is 1. The Hall–Kier alpha value is -0.830. The fraction of sp³-hybridized carbons (Fsp3) is 0.333. The fourth-order valence-electron chi connectivity index (χ4n) is 0.530. The Labute approximate surface area is 63.0 Å². The average molecular weight is 160 g/mol. The van der Waals surface area contributed by atoms with Crippen LogP contribution >= 0.6 is 11.6 Å². The maximum absolute atomic E-state index is 10.6. The number of oxazole rings is 1. The molecular weight excluding hydrogens is 154 g/mol. The molecule has 0 fully saturated rings. The summed E-state index contributed by atoms with van der Waals surface area (Å²) >= 11 is 5.41. The van der Waals surface area contributed by atoms with E-state index in [1.54, 1.807) is 0 Å². The van der Waals surface area contributed by atoms with Gasteiger partial charge in [-0.15, -0.1) is 11.6 Å². The minimum absolute atomic E-state index is 0.121. The van der Waals surface area contributed by atoms with E-state index in [1.165, 1.54) is 13.2 Å². The van der Waals surface area contributed by atoms with Gasteiger partial charge in [-0.2, -0.15) is 0 Å². The summed E-state index contributed by atoms with van der Waals surface area (Å²) in [4.78, 5) is 14.4. The molecule has 0 N–H and O–H groups in total. The second-order valence-corrected chi connectivity index (χ2v) is 2.10. The third-order valence-corrected chi connectivity index (χ3v) is 1.26. The Morgan fingerprint density at radius 1 is 1.90 bits per heavy atom. The number of ketones is 1. The molecule has 0 aliphatic rings. The number of halogens is 1. The molecule has 0 spiro atoms. The van der Waals surface area contributed by atoms with E-state index in [4.69, 9.17) is 16.0 Å². The van der Waals surface area contributed by atoms with Crippen LogP contribution in [0.1, 0.15) is 23.3 Å². The second kappa shape index (κ2) is 2.84. The van der Waals surface area contributed by atoms with E-state index >= 15 is 0 Å². The van der Waals surface area contributed by atoms with Crippen LogP contribution in [0.2, 0.25) is 0 Å². The minimum atomic E-state index is -0.184. The summed E-state index contributed by atoms with van der Waals surface area (Å²) in [5, 5.41) is 0. The first-order valence-corrected chi connectivity index (χ1v) is 3.29. The van der Waals surface area contributed by atoms with Crippen molar-refractivity contribution < 1.29 is 9.21 Å². The molecule has 10 heavy (non-hydrogen) atoms. The highest BCUT2D eigenvalue weighted by Gasteiger charge is 2.06. The molecule has 54 valence electrons. The van der Waals surface area contributed by atoms with Crippen molar-refractivity contribution in [3.05, 3.63) is 17.8 Å². The lowest BCUT2D eigenvalue weighted by Gasteiger charge is -1.80. The van der Waals surface area contributed by atoms with Crippen LogP contribution in [0.5, 0.6) is 0 Å². The average Bonchev–Trinajstić information content (AvgIpc) is 2.34. The van der Waals surface area contributed by atoms with Crippen molar-refractivity contribution in [1.82, 2.24) is 4.98 Å². The van der Waals surface area contributed by atoms with Gasteiger partial charge in [0.25, 0.3) is 5.89 Å². The number of carbonyl (C=O) groups excluding carboxylic acids is 1. The SMILES string of the molecule is CC(=O)c1nc(CCl)co1. The van der Waals surface area contributed by atoms with E-state index in [0.29, 0.717) is 5.69 Å². The van der Waals surface area contributed by atoms with Gasteiger partial charge in [0.15, 0.2) is 0 Å². The fourth-order valence-corrected chi connectivity index (χ4v) is 0.653. The highest BCUT2D eigenvalue weighted by atomic mass is 35.5. The normalized spacial score (nSPS) is 9.80. The van der Waals surface area contributed by atoms with Gasteiger partial charge in [-0.05, 0) is 0 Å². The van der Waals surface area contributed by atoms with Gasteiger partial charge in [-0.1, -0.05) is 0 Å². The number of carbonyl (C=O) groups is 1. The Morgan fingerprint density at radius 2 is 2.60 bits per heavy atom. The molecule has 1 aromatic rings. The predicted octanol–water partition coefficient (Wildman–Crippen LogP) is 1.62. The number of alkyl halides is 1. The molecule has 4 heteroatoms. The molecule has 0 saturated carbocycles. The van der Waals surface area contributed by atoms with Crippen LogP contribution in [0.3, 0.4) is 0 Å². The second-order valence-electron chi connectivity index (χ2n) is 1.83. The summed E-state index contributed by atoms with van der Waals surface area (Å²) in [6, 6.07) is 0. The lowest BCUT2D eigenvalue weighted by atomic mass is 10.4. The van der Waals surface area contributed by atoms with Crippen LogP contribution in [0.4, 0.5) is 0 Å². The first-order valence-electron chi connectivity index (χ1n) is 2.75. The smallest absolute Gasteiger partial charge is 0.263 e. The molecular formula is C6H6ClNO2. The zero-order valence-electron chi connectivity index (χ0n) is 5.43. The highest BCUT2D eigenvalue weighted by Crippen LogP contribution is 2.04. The van der Waals surface area contributed by atoms with Crippen molar-refractivity contribution in [3.8, 4) is 0 Å². The van der Waals surface area contributed by atoms with E-state index < -0.39 is 0 Å². The van der Waals surface area contributed by atoms with Crippen LogP contribution < -0.4 is 0 Å². The topological polar surface area (TPSA) is 43.1 Å². The summed E-state index contributed by atoms with van der Waals surface area (Å²) in [5.74, 6) is 0.212. The number of Topliss-reactive ketones (excluding diaryl/α,β-unsaturated/α-hetero) is 1. The van der Waals surface area contributed by atoms with Gasteiger partial charge >= 0.3 is 0 Å². The number of rotatable bonds is 2. The summed E-state index contributed by atoms with van der Waals surface area (Å²) in [6.07, 6.45) is 1.38. The Kier molecular flexibility index (Phi) is 2.06. The van der Waals surface area contributed by atoms with E-state index in [2.05, 4.69) is 4.98 Å². The van der Waals surface area contributed by atoms with E-state index in [9.17, 15) is 4.79 Å². The van der Waals surface area contributed by atoms with Crippen molar-refractivity contribution in [2.75, 3.05) is 0 Å². The maximum atomic E-state index is 10.6. The van der Waals surface area contributed by atoms with E-state index in [0.717, 1.165) is 0 Å². The quantitative estimate of drug-likeness (QED) is 0.487. The standard InChI is InChI=1S/C6H6ClNO2/c1-4(9)6-8-5(2-7)3-10-6/h3H,2H2,1H3. The molecule has 0 aliphatic heterocycles. The molecule has 0 aromatic carbocycles. The van der Waals surface area contributed by atoms with Crippen molar-refractivity contribution in [2.45, 2.75) is 12.8 Å². The maximum Gasteiger partial charge on any atom is 0.263 e. The molecule has 3 nitrogen and oxygen atoms in total. The highest BCUT2D eigenvalue weighted by molar-refractivity contribution is 6.16. The number of hydrogen-bond acceptors (Lipinski definition) is 3. The molecule has 0 amide bonds. The Bertz CT molecular complexity index is 244. The third-order valence-electron chi connectivity index (χ3n) is 0.990. The van der Waals surface area contributed by atoms with Crippen molar-refractivity contribution >= 4 is 17.4 Å². The van der Waals surface area contributed by atoms with Crippen LogP contribution in [-0.4, -0.2) is 10.8 Å². The predicted molar refractivity (Wildman–Crippen MR) is 36.1 cm³/mol. The summed E-state index contributed by atoms with van der Waals surface area (Å²) in [7, 11) is 0. The number of hydrogen-bond donors (Lipinski definition) is 0. The molecule has 1 heterocycles. The molecule has 1 rings (SSSR count). The van der Waals surface area contributed by atoms with Gasteiger partial charge < -0.3 is 4.42 Å². The van der Waals surface area contributed by atoms with Crippen LogP contribution in [0.15, 0.2) is 10.7 Å². The van der Waals surface area contributed by atoms with Crippen LogP contribution in [0.25, 0.3) is 0 Å². The third kappa shape index (κ3) is 1.36. The van der Waals surface area contributed by atoms with E-state index in [-0.39, 0.29) is 17.6 Å². The lowest BCUT2D eigenvalue weighted by Crippen LogP contribution is -1.91. The summed E-state index contributed by atoms with van der Waals surface area (Å²) < 4.78 is 4.77. The van der Waals surface area contributed by atoms with Crippen molar-refractivity contribution in [3.63, 3.8) is 0 Å². The molecule has 0 atom stereocenters. The minimum Gasteiger partial charge on any atom is -0.442 e. The molecule has 0 saturated heterocycles. The van der Waals surface area contributed by atoms with Crippen LogP contribution in [0, 0.1) is 0 Å². The molecule has 1 aromatic heterocycles. The van der Waals surface area contributed by atoms with Crippen molar-refractivity contribution in [1.29, 1.82) is 0 Å². The molecule has 0 radical (unpaired) electrons. The molecule has 0 bridgehead atoms. The number of nitrogens with zero attached hydrogens (tertiary/aromatic N) is 1. The van der Waals surface area contributed by atoms with Crippen LogP contribution in [-0.2, 0) is 5.88 Å². The first-order chi connectivity index (χ1) is 4.74. The first kappa shape index (κ1) is 7.28. The molecule has 0 unspecified atom stereocenters. The van der Waals surface area contributed by atoms with Gasteiger partial charge in [0, 0.05) is 6.92 Å². The van der Waals surface area contributed by atoms with Crippen molar-refractivity contribution in [2.24, 2.45) is 0 Å². The summed E-state index contributed by atoms with van der Waals surface area (Å²) in [5.41, 5.74) is 0.590. The van der Waals surface area contributed by atoms with E-state index in [1.807, 2.05) is 0 Å². The Balaban J connectivity index is 2.88. The van der Waals surface area contributed by atoms with Gasteiger partial charge in [0.05, 0.1) is 11.6 Å². The largest absolute Gasteiger partial charge is 0.442 e. The van der Waals surface area contributed by atoms with Gasteiger partial charge in [0.2, 0.25) is 5.78 Å².